The van der Waals surface area contributed by atoms with Crippen molar-refractivity contribution in [2.45, 2.75) is 33.1 Å². The van der Waals surface area contributed by atoms with Gasteiger partial charge in [0.25, 0.3) is 0 Å². The Kier molecular flexibility index (Phi) is 4.18. The molecule has 1 amide bonds. The third-order valence-corrected chi connectivity index (χ3v) is 6.52. The van der Waals surface area contributed by atoms with E-state index in [-0.39, 0.29) is 17.3 Å². The van der Waals surface area contributed by atoms with Crippen LogP contribution in [0, 0.1) is 32.1 Å². The van der Waals surface area contributed by atoms with E-state index in [9.17, 15) is 10.1 Å². The van der Waals surface area contributed by atoms with Gasteiger partial charge in [0.2, 0.25) is 5.91 Å². The third kappa shape index (κ3) is 2.29. The fraction of sp³-hybridized carbons (Fsp3) is 0.240. The number of nitrogens with two attached hydrogens (primary N) is 1. The minimum atomic E-state index is -1.33. The number of nitriles is 1. The maximum absolute atomic E-state index is 14.1. The van der Waals surface area contributed by atoms with Crippen molar-refractivity contribution in [1.29, 1.82) is 5.26 Å². The van der Waals surface area contributed by atoms with Crippen LogP contribution in [0.2, 0.25) is 0 Å². The van der Waals surface area contributed by atoms with Crippen molar-refractivity contribution in [2.75, 3.05) is 16.8 Å². The summed E-state index contributed by atoms with van der Waals surface area (Å²) in [7, 11) is 0. The first-order chi connectivity index (χ1) is 15.4. The summed E-state index contributed by atoms with van der Waals surface area (Å²) in [5, 5.41) is 18.2. The molecule has 2 aromatic carbocycles. The van der Waals surface area contributed by atoms with E-state index < -0.39 is 5.41 Å². The summed E-state index contributed by atoms with van der Waals surface area (Å²) < 4.78 is 1.81. The number of aromatic nitrogens is 2. The summed E-state index contributed by atoms with van der Waals surface area (Å²) in [6, 6.07) is 16.0. The first-order valence-corrected chi connectivity index (χ1v) is 10.6. The lowest BCUT2D eigenvalue weighted by Crippen LogP contribution is -2.46. The molecule has 2 aliphatic rings. The van der Waals surface area contributed by atoms with Gasteiger partial charge in [0.05, 0.1) is 17.0 Å². The molecule has 3 aromatic rings. The van der Waals surface area contributed by atoms with E-state index in [0.717, 1.165) is 28.1 Å². The zero-order chi connectivity index (χ0) is 22.8. The first kappa shape index (κ1) is 19.9. The molecule has 2 aliphatic heterocycles. The van der Waals surface area contributed by atoms with Gasteiger partial charge in [-0.05, 0) is 51.0 Å². The lowest BCUT2D eigenvalue weighted by molar-refractivity contribution is -0.120. The Labute approximate surface area is 186 Å². The molecule has 1 atom stereocenters. The molecular weight excluding hydrogens is 400 g/mol. The highest BCUT2D eigenvalue weighted by atomic mass is 16.2. The van der Waals surface area contributed by atoms with Gasteiger partial charge in [-0.3, -0.25) is 4.79 Å². The fourth-order valence-electron chi connectivity index (χ4n) is 5.13. The molecular formula is C25H24N6O. The van der Waals surface area contributed by atoms with Crippen LogP contribution in [0.4, 0.5) is 11.5 Å². The van der Waals surface area contributed by atoms with Crippen LogP contribution in [0.1, 0.15) is 34.9 Å². The molecule has 7 nitrogen and oxygen atoms in total. The van der Waals surface area contributed by atoms with E-state index in [4.69, 9.17) is 10.8 Å². The van der Waals surface area contributed by atoms with Gasteiger partial charge in [0.15, 0.2) is 0 Å². The SMILES string of the molecule is CCN1C(=O)C2(C(C#N)=C(N)Nc3c2c(C)nn3-c2cc(C)ccc2C)c2ccccc21. The zero-order valence-electron chi connectivity index (χ0n) is 18.5. The van der Waals surface area contributed by atoms with Gasteiger partial charge in [-0.2, -0.15) is 10.4 Å². The van der Waals surface area contributed by atoms with E-state index in [2.05, 4.69) is 23.5 Å². The molecule has 1 unspecified atom stereocenters. The summed E-state index contributed by atoms with van der Waals surface area (Å²) in [5.41, 5.74) is 11.3. The Bertz CT molecular complexity index is 1380. The number of amides is 1. The molecule has 3 heterocycles. The van der Waals surface area contributed by atoms with Crippen LogP contribution < -0.4 is 16.0 Å². The van der Waals surface area contributed by atoms with Crippen molar-refractivity contribution in [1.82, 2.24) is 9.78 Å². The zero-order valence-corrected chi connectivity index (χ0v) is 18.5. The molecule has 0 bridgehead atoms. The van der Waals surface area contributed by atoms with E-state index in [1.54, 1.807) is 9.58 Å². The highest BCUT2D eigenvalue weighted by molar-refractivity contribution is 6.15. The van der Waals surface area contributed by atoms with E-state index in [0.29, 0.717) is 23.6 Å². The lowest BCUT2D eigenvalue weighted by atomic mass is 9.68. The van der Waals surface area contributed by atoms with Crippen LogP contribution in [0.3, 0.4) is 0 Å². The van der Waals surface area contributed by atoms with Crippen molar-refractivity contribution in [3.63, 3.8) is 0 Å². The minimum absolute atomic E-state index is 0.174. The average Bonchev–Trinajstić information content (AvgIpc) is 3.22. The molecule has 160 valence electrons. The van der Waals surface area contributed by atoms with Crippen molar-refractivity contribution in [2.24, 2.45) is 5.73 Å². The molecule has 3 N–H and O–H groups in total. The second-order valence-corrected chi connectivity index (χ2v) is 8.35. The van der Waals surface area contributed by atoms with Gasteiger partial charge < -0.3 is 16.0 Å². The Hall–Kier alpha value is -4.05. The van der Waals surface area contributed by atoms with E-state index in [1.165, 1.54) is 0 Å². The van der Waals surface area contributed by atoms with Gasteiger partial charge in [-0.1, -0.05) is 30.3 Å². The second-order valence-electron chi connectivity index (χ2n) is 8.35. The topological polar surface area (TPSA) is 100.0 Å². The maximum Gasteiger partial charge on any atom is 0.247 e. The predicted molar refractivity (Wildman–Crippen MR) is 123 cm³/mol. The monoisotopic (exact) mass is 424 g/mol. The maximum atomic E-state index is 14.1. The Balaban J connectivity index is 1.91. The summed E-state index contributed by atoms with van der Waals surface area (Å²) in [5.74, 6) is 0.619. The Morgan fingerprint density at radius 2 is 1.91 bits per heavy atom. The summed E-state index contributed by atoms with van der Waals surface area (Å²) in [6.45, 7) is 8.35. The molecule has 1 aromatic heterocycles. The molecule has 5 rings (SSSR count). The number of likely N-dealkylation sites (N-methyl/N-ethyl adjacent to an activating group) is 1. The largest absolute Gasteiger partial charge is 0.384 e. The fourth-order valence-corrected chi connectivity index (χ4v) is 5.13. The number of nitrogens with zero attached hydrogens (tertiary/aromatic N) is 4. The summed E-state index contributed by atoms with van der Waals surface area (Å²) in [4.78, 5) is 15.8. The van der Waals surface area contributed by atoms with Crippen LogP contribution in [0.15, 0.2) is 53.9 Å². The van der Waals surface area contributed by atoms with Crippen LogP contribution in [-0.2, 0) is 10.2 Å². The quantitative estimate of drug-likeness (QED) is 0.655. The van der Waals surface area contributed by atoms with Crippen molar-refractivity contribution >= 4 is 17.4 Å². The predicted octanol–water partition coefficient (Wildman–Crippen LogP) is 3.57. The first-order valence-electron chi connectivity index (χ1n) is 10.6. The number of para-hydroxylation sites is 1. The highest BCUT2D eigenvalue weighted by Crippen LogP contribution is 2.55. The number of fused-ring (bicyclic) bond motifs is 4. The highest BCUT2D eigenvalue weighted by Gasteiger charge is 2.59. The molecule has 0 saturated carbocycles. The summed E-state index contributed by atoms with van der Waals surface area (Å²) in [6.07, 6.45) is 0. The number of rotatable bonds is 2. The van der Waals surface area contributed by atoms with E-state index in [1.807, 2.05) is 58.0 Å². The number of nitrogens with one attached hydrogen (secondary N) is 1. The number of hydrogen-bond donors (Lipinski definition) is 2. The molecule has 1 spiro atoms. The van der Waals surface area contributed by atoms with Gasteiger partial charge in [0.1, 0.15) is 23.1 Å². The molecule has 0 aliphatic carbocycles. The number of hydrogen-bond acceptors (Lipinski definition) is 5. The van der Waals surface area contributed by atoms with Crippen LogP contribution in [0.5, 0.6) is 0 Å². The second kappa shape index (κ2) is 6.72. The van der Waals surface area contributed by atoms with Crippen LogP contribution in [0.25, 0.3) is 5.69 Å². The number of anilines is 2. The van der Waals surface area contributed by atoms with Gasteiger partial charge in [-0.15, -0.1) is 0 Å². The minimum Gasteiger partial charge on any atom is -0.384 e. The number of benzene rings is 2. The standard InChI is InChI=1S/C25H24N6O/c1-5-30-19-9-7-6-8-17(19)25(24(30)32)18(13-26)22(27)28-23-21(25)16(4)29-31(23)20-12-14(2)10-11-15(20)3/h6-12,28H,5,27H2,1-4H3. The van der Waals surface area contributed by atoms with E-state index >= 15 is 0 Å². The van der Waals surface area contributed by atoms with Crippen molar-refractivity contribution in [3.8, 4) is 11.8 Å². The van der Waals surface area contributed by atoms with Crippen molar-refractivity contribution in [3.05, 3.63) is 81.8 Å². The Morgan fingerprint density at radius 1 is 1.16 bits per heavy atom. The van der Waals surface area contributed by atoms with Crippen LogP contribution in [-0.4, -0.2) is 22.2 Å². The van der Waals surface area contributed by atoms with Crippen LogP contribution >= 0.6 is 0 Å². The Morgan fingerprint density at radius 3 is 2.62 bits per heavy atom. The number of carbonyl (C=O) groups excluding carboxylic acids is 1. The lowest BCUT2D eigenvalue weighted by Gasteiger charge is -2.34. The smallest absolute Gasteiger partial charge is 0.247 e. The molecule has 32 heavy (non-hydrogen) atoms. The molecule has 7 heteroatoms. The van der Waals surface area contributed by atoms with Crippen molar-refractivity contribution < 1.29 is 4.79 Å². The molecule has 0 radical (unpaired) electrons. The number of carbonyl (C=O) groups is 1. The summed E-state index contributed by atoms with van der Waals surface area (Å²) >= 11 is 0. The normalized spacial score (nSPS) is 19.1. The van der Waals surface area contributed by atoms with Gasteiger partial charge in [-0.25, -0.2) is 4.68 Å². The number of aryl methyl sites for hydroxylation is 3. The molecule has 0 fully saturated rings. The van der Waals surface area contributed by atoms with Gasteiger partial charge >= 0.3 is 0 Å². The third-order valence-electron chi connectivity index (χ3n) is 6.52. The van der Waals surface area contributed by atoms with Gasteiger partial charge in [0, 0.05) is 23.4 Å². The molecule has 0 saturated heterocycles. The average molecular weight is 425 g/mol.